The molecular formula is C32H45NO. The Bertz CT molecular complexity index is 853. The van der Waals surface area contributed by atoms with Gasteiger partial charge in [-0.15, -0.1) is 0 Å². The Morgan fingerprint density at radius 2 is 1.32 bits per heavy atom. The zero-order chi connectivity index (χ0) is 24.1. The Hall–Kier alpha value is -2.27. The summed E-state index contributed by atoms with van der Waals surface area (Å²) in [7, 11) is 0. The van der Waals surface area contributed by atoms with Gasteiger partial charge >= 0.3 is 0 Å². The highest BCUT2D eigenvalue weighted by Gasteiger charge is 2.35. The standard InChI is InChI=1S/C32H45NO/c1-3-5-7-8-9-10-11-25-34-31-18-16-29(17-19-31)27-12-14-28(15-13-27)30-20-23-32(26-33,24-21-30)22-6-4-2/h12-19,30H,3-11,20-25H2,1-2H3. The molecule has 0 bridgehead atoms. The van der Waals surface area contributed by atoms with Crippen LogP contribution in [0.3, 0.4) is 0 Å². The van der Waals surface area contributed by atoms with Gasteiger partial charge in [-0.05, 0) is 73.3 Å². The third-order valence-corrected chi connectivity index (χ3v) is 7.78. The molecule has 1 aliphatic rings. The number of unbranched alkanes of at least 4 members (excludes halogenated alkanes) is 7. The summed E-state index contributed by atoms with van der Waals surface area (Å²) in [6.07, 6.45) is 17.0. The molecule has 0 amide bonds. The maximum Gasteiger partial charge on any atom is 0.119 e. The lowest BCUT2D eigenvalue weighted by molar-refractivity contribution is 0.224. The predicted molar refractivity (Wildman–Crippen MR) is 144 cm³/mol. The van der Waals surface area contributed by atoms with E-state index in [4.69, 9.17) is 4.74 Å². The van der Waals surface area contributed by atoms with Crippen molar-refractivity contribution in [3.63, 3.8) is 0 Å². The lowest BCUT2D eigenvalue weighted by Gasteiger charge is -2.35. The fourth-order valence-electron chi connectivity index (χ4n) is 5.38. The van der Waals surface area contributed by atoms with Gasteiger partial charge in [0.05, 0.1) is 18.1 Å². The molecule has 184 valence electrons. The molecule has 34 heavy (non-hydrogen) atoms. The van der Waals surface area contributed by atoms with Crippen molar-refractivity contribution in [2.75, 3.05) is 6.61 Å². The first kappa shape index (κ1) is 26.3. The maximum atomic E-state index is 9.76. The molecule has 0 aromatic heterocycles. The van der Waals surface area contributed by atoms with Gasteiger partial charge in [0.25, 0.3) is 0 Å². The molecule has 0 radical (unpaired) electrons. The van der Waals surface area contributed by atoms with Crippen LogP contribution in [0.25, 0.3) is 11.1 Å². The molecule has 0 N–H and O–H groups in total. The summed E-state index contributed by atoms with van der Waals surface area (Å²) in [5.41, 5.74) is 3.86. The van der Waals surface area contributed by atoms with Gasteiger partial charge in [-0.1, -0.05) is 102 Å². The Morgan fingerprint density at radius 1 is 0.765 bits per heavy atom. The highest BCUT2D eigenvalue weighted by molar-refractivity contribution is 5.64. The predicted octanol–water partition coefficient (Wildman–Crippen LogP) is 9.84. The second kappa shape index (κ2) is 14.2. The van der Waals surface area contributed by atoms with Crippen molar-refractivity contribution in [3.8, 4) is 22.9 Å². The SMILES string of the molecule is CCCCCCCCCOc1ccc(-c2ccc(C3CCC(C#N)(CCCC)CC3)cc2)cc1. The molecular weight excluding hydrogens is 414 g/mol. The Balaban J connectivity index is 1.44. The first-order valence-electron chi connectivity index (χ1n) is 13.9. The van der Waals surface area contributed by atoms with Crippen LogP contribution in [0, 0.1) is 16.7 Å². The monoisotopic (exact) mass is 459 g/mol. The molecule has 2 aromatic rings. The minimum atomic E-state index is -0.0646. The molecule has 1 fully saturated rings. The molecule has 0 unspecified atom stereocenters. The zero-order valence-corrected chi connectivity index (χ0v) is 21.7. The van der Waals surface area contributed by atoms with Gasteiger partial charge in [-0.3, -0.25) is 0 Å². The number of ether oxygens (including phenoxy) is 1. The number of rotatable bonds is 14. The number of nitrogens with zero attached hydrogens (tertiary/aromatic N) is 1. The highest BCUT2D eigenvalue weighted by Crippen LogP contribution is 2.45. The molecule has 2 aromatic carbocycles. The maximum absolute atomic E-state index is 9.76. The van der Waals surface area contributed by atoms with E-state index < -0.39 is 0 Å². The average Bonchev–Trinajstić information content (AvgIpc) is 2.90. The summed E-state index contributed by atoms with van der Waals surface area (Å²) in [5.74, 6) is 1.57. The zero-order valence-electron chi connectivity index (χ0n) is 21.7. The van der Waals surface area contributed by atoms with E-state index in [1.807, 2.05) is 0 Å². The van der Waals surface area contributed by atoms with Crippen LogP contribution in [0.15, 0.2) is 48.5 Å². The van der Waals surface area contributed by atoms with Crippen molar-refractivity contribution in [1.82, 2.24) is 0 Å². The van der Waals surface area contributed by atoms with Crippen molar-refractivity contribution in [2.24, 2.45) is 5.41 Å². The summed E-state index contributed by atoms with van der Waals surface area (Å²) in [5, 5.41) is 9.76. The molecule has 0 saturated heterocycles. The van der Waals surface area contributed by atoms with Crippen LogP contribution in [-0.2, 0) is 0 Å². The number of hydrogen-bond acceptors (Lipinski definition) is 2. The molecule has 1 aliphatic carbocycles. The Morgan fingerprint density at radius 3 is 1.91 bits per heavy atom. The largest absolute Gasteiger partial charge is 0.494 e. The van der Waals surface area contributed by atoms with E-state index in [0.717, 1.165) is 50.9 Å². The lowest BCUT2D eigenvalue weighted by Crippen LogP contribution is -2.25. The number of hydrogen-bond donors (Lipinski definition) is 0. The average molecular weight is 460 g/mol. The van der Waals surface area contributed by atoms with Gasteiger partial charge in [-0.25, -0.2) is 0 Å². The number of nitriles is 1. The van der Waals surface area contributed by atoms with Crippen molar-refractivity contribution in [3.05, 3.63) is 54.1 Å². The first-order valence-corrected chi connectivity index (χ1v) is 13.9. The van der Waals surface area contributed by atoms with E-state index >= 15 is 0 Å². The van der Waals surface area contributed by atoms with E-state index in [-0.39, 0.29) is 5.41 Å². The third kappa shape index (κ3) is 7.90. The second-order valence-corrected chi connectivity index (χ2v) is 10.4. The summed E-state index contributed by atoms with van der Waals surface area (Å²) >= 11 is 0. The Kier molecular flexibility index (Phi) is 11.0. The van der Waals surface area contributed by atoms with Crippen molar-refractivity contribution in [1.29, 1.82) is 5.26 Å². The second-order valence-electron chi connectivity index (χ2n) is 10.4. The van der Waals surface area contributed by atoms with Crippen LogP contribution in [0.5, 0.6) is 5.75 Å². The van der Waals surface area contributed by atoms with Crippen molar-refractivity contribution in [2.45, 2.75) is 110 Å². The van der Waals surface area contributed by atoms with Crippen LogP contribution in [0.4, 0.5) is 0 Å². The fraction of sp³-hybridized carbons (Fsp3) is 0.594. The highest BCUT2D eigenvalue weighted by atomic mass is 16.5. The van der Waals surface area contributed by atoms with E-state index in [9.17, 15) is 5.26 Å². The molecule has 2 heteroatoms. The molecule has 2 nitrogen and oxygen atoms in total. The van der Waals surface area contributed by atoms with Crippen LogP contribution in [0.2, 0.25) is 0 Å². The van der Waals surface area contributed by atoms with E-state index in [0.29, 0.717) is 5.92 Å². The minimum Gasteiger partial charge on any atom is -0.494 e. The smallest absolute Gasteiger partial charge is 0.119 e. The number of benzene rings is 2. The summed E-state index contributed by atoms with van der Waals surface area (Å²) < 4.78 is 5.95. The lowest BCUT2D eigenvalue weighted by atomic mass is 9.67. The molecule has 0 spiro atoms. The topological polar surface area (TPSA) is 33.0 Å². The normalized spacial score (nSPS) is 20.1. The van der Waals surface area contributed by atoms with Crippen molar-refractivity contribution < 1.29 is 4.74 Å². The van der Waals surface area contributed by atoms with Gasteiger partial charge in [0.1, 0.15) is 5.75 Å². The first-order chi connectivity index (χ1) is 16.7. The van der Waals surface area contributed by atoms with Gasteiger partial charge < -0.3 is 4.74 Å². The van der Waals surface area contributed by atoms with E-state index in [1.54, 1.807) is 0 Å². The fourth-order valence-corrected chi connectivity index (χ4v) is 5.38. The molecule has 3 rings (SSSR count). The third-order valence-electron chi connectivity index (χ3n) is 7.78. The molecule has 0 heterocycles. The summed E-state index contributed by atoms with van der Waals surface area (Å²) in [6.45, 7) is 5.30. The van der Waals surface area contributed by atoms with E-state index in [2.05, 4.69) is 68.4 Å². The van der Waals surface area contributed by atoms with Gasteiger partial charge in [0, 0.05) is 0 Å². The van der Waals surface area contributed by atoms with E-state index in [1.165, 1.54) is 68.1 Å². The summed E-state index contributed by atoms with van der Waals surface area (Å²) in [6, 6.07) is 20.3. The van der Waals surface area contributed by atoms with Crippen LogP contribution in [0.1, 0.15) is 115 Å². The molecule has 0 aliphatic heterocycles. The van der Waals surface area contributed by atoms with Crippen LogP contribution in [-0.4, -0.2) is 6.61 Å². The Labute approximate surface area is 208 Å². The quantitative estimate of drug-likeness (QED) is 0.263. The molecule has 1 saturated carbocycles. The van der Waals surface area contributed by atoms with Crippen molar-refractivity contribution >= 4 is 0 Å². The van der Waals surface area contributed by atoms with Gasteiger partial charge in [0.2, 0.25) is 0 Å². The summed E-state index contributed by atoms with van der Waals surface area (Å²) in [4.78, 5) is 0. The van der Waals surface area contributed by atoms with Crippen LogP contribution < -0.4 is 4.74 Å². The van der Waals surface area contributed by atoms with Crippen LogP contribution >= 0.6 is 0 Å². The molecule has 0 atom stereocenters. The minimum absolute atomic E-state index is 0.0646. The van der Waals surface area contributed by atoms with Gasteiger partial charge in [-0.2, -0.15) is 5.26 Å². The van der Waals surface area contributed by atoms with Gasteiger partial charge in [0.15, 0.2) is 0 Å².